The summed E-state index contributed by atoms with van der Waals surface area (Å²) in [4.78, 5) is 13.0. The molecule has 0 aliphatic heterocycles. The first-order valence-corrected chi connectivity index (χ1v) is 10.2. The van der Waals surface area contributed by atoms with Gasteiger partial charge in [-0.1, -0.05) is 13.3 Å². The number of Topliss-reactive ketones (excluding diaryl/α,β-unsaturated/α-hetero) is 1. The molecule has 2 fully saturated rings. The highest BCUT2D eigenvalue weighted by Gasteiger charge is 2.44. The minimum absolute atomic E-state index is 0.101. The Kier molecular flexibility index (Phi) is 5.14. The highest BCUT2D eigenvalue weighted by atomic mass is 32.2. The van der Waals surface area contributed by atoms with E-state index >= 15 is 0 Å². The third-order valence-corrected chi connectivity index (χ3v) is 7.39. The van der Waals surface area contributed by atoms with E-state index in [0.717, 1.165) is 38.5 Å². The van der Waals surface area contributed by atoms with E-state index in [1.165, 1.54) is 6.26 Å². The maximum absolute atomic E-state index is 13.0. The minimum Gasteiger partial charge on any atom is -0.329 e. The van der Waals surface area contributed by atoms with E-state index in [1.807, 2.05) is 0 Å². The summed E-state index contributed by atoms with van der Waals surface area (Å²) in [6.07, 6.45) is 8.06. The molecular formula is C16H29NO3S. The zero-order valence-electron chi connectivity index (χ0n) is 13.3. The zero-order chi connectivity index (χ0) is 15.7. The number of carbonyl (C=O) groups excluding carboxylic acids is 1. The molecular weight excluding hydrogens is 286 g/mol. The molecule has 2 saturated carbocycles. The summed E-state index contributed by atoms with van der Waals surface area (Å²) in [6, 6.07) is 0. The van der Waals surface area contributed by atoms with Crippen molar-refractivity contribution in [3.05, 3.63) is 0 Å². The molecule has 21 heavy (non-hydrogen) atoms. The van der Waals surface area contributed by atoms with Gasteiger partial charge in [0.25, 0.3) is 0 Å². The first kappa shape index (κ1) is 16.9. The smallest absolute Gasteiger partial charge is 0.150 e. The van der Waals surface area contributed by atoms with Gasteiger partial charge in [0.1, 0.15) is 15.6 Å². The summed E-state index contributed by atoms with van der Waals surface area (Å²) in [5, 5.41) is -0.336. The van der Waals surface area contributed by atoms with Crippen LogP contribution in [0.4, 0.5) is 0 Å². The molecule has 0 heterocycles. The average Bonchev–Trinajstić information content (AvgIpc) is 2.47. The van der Waals surface area contributed by atoms with Crippen LogP contribution in [0.3, 0.4) is 0 Å². The second kappa shape index (κ2) is 6.37. The highest BCUT2D eigenvalue weighted by Crippen LogP contribution is 2.43. The van der Waals surface area contributed by atoms with E-state index in [1.54, 1.807) is 0 Å². The van der Waals surface area contributed by atoms with Crippen molar-refractivity contribution in [3.8, 4) is 0 Å². The van der Waals surface area contributed by atoms with Crippen molar-refractivity contribution >= 4 is 15.6 Å². The minimum atomic E-state index is -3.04. The van der Waals surface area contributed by atoms with Crippen LogP contribution in [-0.4, -0.2) is 32.3 Å². The number of nitrogens with two attached hydrogens (primary N) is 1. The number of rotatable bonds is 4. The standard InChI is InChI=1S/C16H29NO3S/c1-12-6-8-16(11-17,9-7-12)15(18)13-4-3-5-14(10-13)21(2,19)20/h12-14H,3-11,17H2,1-2H3. The maximum Gasteiger partial charge on any atom is 0.150 e. The molecule has 0 aromatic heterocycles. The van der Waals surface area contributed by atoms with Crippen molar-refractivity contribution in [2.75, 3.05) is 12.8 Å². The molecule has 2 atom stereocenters. The summed E-state index contributed by atoms with van der Waals surface area (Å²) in [5.74, 6) is 0.827. The van der Waals surface area contributed by atoms with Gasteiger partial charge >= 0.3 is 0 Å². The first-order chi connectivity index (χ1) is 9.78. The van der Waals surface area contributed by atoms with Crippen LogP contribution in [0.25, 0.3) is 0 Å². The Labute approximate surface area is 128 Å². The Morgan fingerprint density at radius 2 is 1.81 bits per heavy atom. The molecule has 0 aromatic rings. The molecule has 2 aliphatic carbocycles. The Hall–Kier alpha value is -0.420. The van der Waals surface area contributed by atoms with Crippen LogP contribution in [0.2, 0.25) is 0 Å². The van der Waals surface area contributed by atoms with Gasteiger partial charge < -0.3 is 5.73 Å². The third kappa shape index (κ3) is 3.67. The molecule has 2 N–H and O–H groups in total. The van der Waals surface area contributed by atoms with Gasteiger partial charge in [-0.2, -0.15) is 0 Å². The lowest BCUT2D eigenvalue weighted by Gasteiger charge is -2.41. The van der Waals surface area contributed by atoms with Gasteiger partial charge in [-0.15, -0.1) is 0 Å². The van der Waals surface area contributed by atoms with E-state index in [2.05, 4.69) is 6.92 Å². The molecule has 2 rings (SSSR count). The second-order valence-corrected chi connectivity index (χ2v) is 9.67. The van der Waals surface area contributed by atoms with Crippen molar-refractivity contribution in [2.45, 2.75) is 63.5 Å². The largest absolute Gasteiger partial charge is 0.329 e. The molecule has 0 spiro atoms. The van der Waals surface area contributed by atoms with Gasteiger partial charge in [0.05, 0.1) is 5.25 Å². The Morgan fingerprint density at radius 3 is 2.33 bits per heavy atom. The van der Waals surface area contributed by atoms with Gasteiger partial charge in [0.2, 0.25) is 0 Å². The first-order valence-electron chi connectivity index (χ1n) is 8.22. The summed E-state index contributed by atoms with van der Waals surface area (Å²) < 4.78 is 23.6. The normalized spacial score (nSPS) is 38.1. The van der Waals surface area contributed by atoms with E-state index < -0.39 is 9.84 Å². The third-order valence-electron chi connectivity index (χ3n) is 5.75. The van der Waals surface area contributed by atoms with Crippen LogP contribution in [0.1, 0.15) is 58.3 Å². The van der Waals surface area contributed by atoms with Crippen LogP contribution in [0.5, 0.6) is 0 Å². The lowest BCUT2D eigenvalue weighted by molar-refractivity contribution is -0.135. The number of carbonyl (C=O) groups is 1. The van der Waals surface area contributed by atoms with Crippen molar-refractivity contribution in [2.24, 2.45) is 23.0 Å². The SMILES string of the molecule is CC1CCC(CN)(C(=O)C2CCCC(S(C)(=O)=O)C2)CC1. The Morgan fingerprint density at radius 1 is 1.19 bits per heavy atom. The Bertz CT molecular complexity index is 478. The average molecular weight is 315 g/mol. The molecule has 0 bridgehead atoms. The quantitative estimate of drug-likeness (QED) is 0.863. The number of sulfone groups is 1. The summed E-state index contributed by atoms with van der Waals surface area (Å²) in [7, 11) is -3.04. The van der Waals surface area contributed by atoms with Crippen LogP contribution in [0.15, 0.2) is 0 Å². The second-order valence-electron chi connectivity index (χ2n) is 7.35. The maximum atomic E-state index is 13.0. The number of hydrogen-bond donors (Lipinski definition) is 1. The van der Waals surface area contributed by atoms with Crippen LogP contribution < -0.4 is 5.73 Å². The van der Waals surface area contributed by atoms with Crippen molar-refractivity contribution < 1.29 is 13.2 Å². The van der Waals surface area contributed by atoms with Gasteiger partial charge in [-0.25, -0.2) is 8.42 Å². The van der Waals surface area contributed by atoms with Crippen molar-refractivity contribution in [1.29, 1.82) is 0 Å². The van der Waals surface area contributed by atoms with Gasteiger partial charge in [0.15, 0.2) is 0 Å². The van der Waals surface area contributed by atoms with Gasteiger partial charge in [-0.3, -0.25) is 4.79 Å². The predicted octanol–water partition coefficient (Wildman–Crippen LogP) is 2.31. The van der Waals surface area contributed by atoms with Crippen LogP contribution in [0, 0.1) is 17.3 Å². The van der Waals surface area contributed by atoms with E-state index in [9.17, 15) is 13.2 Å². The van der Waals surface area contributed by atoms with Crippen molar-refractivity contribution in [3.63, 3.8) is 0 Å². The van der Waals surface area contributed by atoms with Crippen LogP contribution in [-0.2, 0) is 14.6 Å². The monoisotopic (exact) mass is 315 g/mol. The van der Waals surface area contributed by atoms with Gasteiger partial charge in [0, 0.05) is 24.1 Å². The molecule has 2 aliphatic rings. The number of hydrogen-bond acceptors (Lipinski definition) is 4. The van der Waals surface area contributed by atoms with E-state index in [-0.39, 0.29) is 22.4 Å². The Balaban J connectivity index is 2.11. The molecule has 0 saturated heterocycles. The van der Waals surface area contributed by atoms with E-state index in [0.29, 0.717) is 25.3 Å². The zero-order valence-corrected chi connectivity index (χ0v) is 14.1. The van der Waals surface area contributed by atoms with Crippen molar-refractivity contribution in [1.82, 2.24) is 0 Å². The van der Waals surface area contributed by atoms with Gasteiger partial charge in [-0.05, 0) is 50.9 Å². The summed E-state index contributed by atoms with van der Waals surface area (Å²) in [6.45, 7) is 2.64. The van der Waals surface area contributed by atoms with E-state index in [4.69, 9.17) is 5.73 Å². The number of ketones is 1. The topological polar surface area (TPSA) is 77.2 Å². The predicted molar refractivity (Wildman–Crippen MR) is 84.7 cm³/mol. The molecule has 0 amide bonds. The molecule has 0 radical (unpaired) electrons. The van der Waals surface area contributed by atoms with Crippen LogP contribution >= 0.6 is 0 Å². The highest BCUT2D eigenvalue weighted by molar-refractivity contribution is 7.91. The molecule has 5 heteroatoms. The fraction of sp³-hybridized carbons (Fsp3) is 0.938. The molecule has 2 unspecified atom stereocenters. The molecule has 4 nitrogen and oxygen atoms in total. The lowest BCUT2D eigenvalue weighted by Crippen LogP contribution is -2.46. The molecule has 122 valence electrons. The molecule has 0 aromatic carbocycles. The fourth-order valence-corrected chi connectivity index (χ4v) is 5.25. The lowest BCUT2D eigenvalue weighted by atomic mass is 9.64. The summed E-state index contributed by atoms with van der Waals surface area (Å²) in [5.41, 5.74) is 5.59. The summed E-state index contributed by atoms with van der Waals surface area (Å²) >= 11 is 0. The fourth-order valence-electron chi connectivity index (χ4n) is 4.07.